The molecule has 3 aromatic carbocycles. The molecule has 2 heterocycles. The third-order valence-electron chi connectivity index (χ3n) is 6.74. The molecule has 4 aromatic rings. The molecule has 1 aromatic heterocycles. The van der Waals surface area contributed by atoms with Gasteiger partial charge in [0.2, 0.25) is 0 Å². The minimum Gasteiger partial charge on any atom is -0.497 e. The molecule has 1 aliphatic rings. The minimum atomic E-state index is -0.982. The number of carboxylic acids is 1. The number of ether oxygens (including phenoxy) is 6. The lowest BCUT2D eigenvalue weighted by Gasteiger charge is -2.29. The summed E-state index contributed by atoms with van der Waals surface area (Å²) in [7, 11) is 7.76. The van der Waals surface area contributed by atoms with Gasteiger partial charge in [-0.15, -0.1) is 0 Å². The number of carboxylic acid groups (broad SMARTS) is 1. The first-order valence-electron chi connectivity index (χ1n) is 13.5. The van der Waals surface area contributed by atoms with E-state index < -0.39 is 17.2 Å². The Hall–Kier alpha value is -5.38. The van der Waals surface area contributed by atoms with Crippen LogP contribution in [0, 0.1) is 0 Å². The number of rotatable bonds is 8. The van der Waals surface area contributed by atoms with Crippen LogP contribution in [0.15, 0.2) is 69.9 Å². The Bertz CT molecular complexity index is 1780. The molecular weight excluding hydrogens is 568 g/mol. The third-order valence-corrected chi connectivity index (χ3v) is 6.74. The smallest absolute Gasteiger partial charge is 0.347 e. The van der Waals surface area contributed by atoms with Crippen molar-refractivity contribution in [1.82, 2.24) is 0 Å². The fourth-order valence-corrected chi connectivity index (χ4v) is 4.68. The van der Waals surface area contributed by atoms with Gasteiger partial charge in [0.25, 0.3) is 0 Å². The molecule has 0 atom stereocenters. The van der Waals surface area contributed by atoms with Crippen molar-refractivity contribution in [2.75, 3.05) is 35.5 Å². The molecule has 5 rings (SSSR count). The fraction of sp³-hybridized carbons (Fsp3) is 0.235. The van der Waals surface area contributed by atoms with Gasteiger partial charge in [0, 0.05) is 12.1 Å². The highest BCUT2D eigenvalue weighted by atomic mass is 16.5. The molecular formula is C34H34O10. The number of hydrogen-bond donors (Lipinski definition) is 1. The first kappa shape index (κ1) is 31.6. The van der Waals surface area contributed by atoms with E-state index >= 15 is 0 Å². The summed E-state index contributed by atoms with van der Waals surface area (Å²) >= 11 is 0. The van der Waals surface area contributed by atoms with E-state index in [1.54, 1.807) is 69.9 Å². The monoisotopic (exact) mass is 602 g/mol. The number of fused-ring (bicyclic) bond motifs is 2. The highest BCUT2D eigenvalue weighted by Gasteiger charge is 2.29. The summed E-state index contributed by atoms with van der Waals surface area (Å²) in [6, 6.07) is 14.0. The Morgan fingerprint density at radius 1 is 0.841 bits per heavy atom. The lowest BCUT2D eigenvalue weighted by molar-refractivity contribution is -0.131. The van der Waals surface area contributed by atoms with E-state index in [9.17, 15) is 9.59 Å². The van der Waals surface area contributed by atoms with Crippen LogP contribution in [0.5, 0.6) is 34.5 Å². The maximum absolute atomic E-state index is 12.9. The van der Waals surface area contributed by atoms with Crippen LogP contribution in [0.2, 0.25) is 0 Å². The van der Waals surface area contributed by atoms with Crippen molar-refractivity contribution in [2.45, 2.75) is 19.4 Å². The summed E-state index contributed by atoms with van der Waals surface area (Å²) in [5, 5.41) is 9.04. The van der Waals surface area contributed by atoms with Crippen molar-refractivity contribution in [3.05, 3.63) is 82.2 Å². The number of carbonyl (C=O) groups is 1. The molecule has 0 bridgehead atoms. The highest BCUT2D eigenvalue weighted by molar-refractivity contribution is 5.99. The van der Waals surface area contributed by atoms with Crippen molar-refractivity contribution in [2.24, 2.45) is 0 Å². The van der Waals surface area contributed by atoms with Crippen molar-refractivity contribution in [1.29, 1.82) is 0 Å². The van der Waals surface area contributed by atoms with Crippen LogP contribution in [-0.2, 0) is 4.79 Å². The highest BCUT2D eigenvalue weighted by Crippen LogP contribution is 2.47. The molecule has 0 saturated heterocycles. The molecule has 0 unspecified atom stereocenters. The van der Waals surface area contributed by atoms with Gasteiger partial charge in [-0.25, -0.2) is 9.59 Å². The third kappa shape index (κ3) is 6.64. The lowest BCUT2D eigenvalue weighted by Crippen LogP contribution is -2.27. The first-order valence-corrected chi connectivity index (χ1v) is 13.5. The van der Waals surface area contributed by atoms with Crippen molar-refractivity contribution in [3.63, 3.8) is 0 Å². The molecule has 1 N–H and O–H groups in total. The molecule has 230 valence electrons. The van der Waals surface area contributed by atoms with E-state index in [2.05, 4.69) is 0 Å². The largest absolute Gasteiger partial charge is 0.497 e. The molecule has 0 spiro atoms. The molecule has 0 fully saturated rings. The standard InChI is InChI=1S/C23H22O6.C11H12O4/c1-23(2)11-10-15-16(29-23)12-17-19(20(15)26-4)21(27-5)18(22(24)28-17)13-6-8-14(25-3)9-7-13;1-14-9-5-3-8(4-6-11(12)13)7-10(9)15-2/h6-12H,1-5H3;3-7H,1-2H3,(H,12,13). The predicted molar refractivity (Wildman–Crippen MR) is 168 cm³/mol. The van der Waals surface area contributed by atoms with Gasteiger partial charge in [0.05, 0.1) is 41.1 Å². The van der Waals surface area contributed by atoms with Crippen LogP contribution in [-0.4, -0.2) is 52.2 Å². The van der Waals surface area contributed by atoms with Gasteiger partial charge in [0.15, 0.2) is 11.5 Å². The molecule has 0 amide bonds. The number of aliphatic carboxylic acids is 1. The molecule has 10 heteroatoms. The average Bonchev–Trinajstić information content (AvgIpc) is 3.01. The topological polar surface area (TPSA) is 123 Å². The lowest BCUT2D eigenvalue weighted by atomic mass is 9.98. The summed E-state index contributed by atoms with van der Waals surface area (Å²) < 4.78 is 38.4. The maximum atomic E-state index is 12.9. The van der Waals surface area contributed by atoms with E-state index in [4.69, 9.17) is 37.9 Å². The summed E-state index contributed by atoms with van der Waals surface area (Å²) in [4.78, 5) is 23.2. The quantitative estimate of drug-likeness (QED) is 0.177. The molecule has 44 heavy (non-hydrogen) atoms. The summed E-state index contributed by atoms with van der Waals surface area (Å²) in [5.41, 5.74) is 1.85. The van der Waals surface area contributed by atoms with Gasteiger partial charge >= 0.3 is 11.6 Å². The van der Waals surface area contributed by atoms with Crippen molar-refractivity contribution in [3.8, 4) is 45.6 Å². The zero-order valence-corrected chi connectivity index (χ0v) is 25.5. The second kappa shape index (κ2) is 13.3. The molecule has 10 nitrogen and oxygen atoms in total. The zero-order valence-electron chi connectivity index (χ0n) is 25.5. The average molecular weight is 603 g/mol. The zero-order chi connectivity index (χ0) is 32.0. The Morgan fingerprint density at radius 3 is 2.11 bits per heavy atom. The Morgan fingerprint density at radius 2 is 1.52 bits per heavy atom. The van der Waals surface area contributed by atoms with E-state index in [0.29, 0.717) is 56.6 Å². The normalized spacial score (nSPS) is 12.9. The Balaban J connectivity index is 0.000000249. The van der Waals surface area contributed by atoms with Crippen LogP contribution in [0.25, 0.3) is 34.2 Å². The molecule has 0 aliphatic carbocycles. The van der Waals surface area contributed by atoms with Gasteiger partial charge in [-0.05, 0) is 67.5 Å². The number of methoxy groups -OCH3 is 5. The van der Waals surface area contributed by atoms with Crippen molar-refractivity contribution < 1.29 is 42.7 Å². The number of benzene rings is 3. The van der Waals surface area contributed by atoms with Gasteiger partial charge in [0.1, 0.15) is 45.1 Å². The van der Waals surface area contributed by atoms with E-state index in [0.717, 1.165) is 17.2 Å². The van der Waals surface area contributed by atoms with E-state index in [1.807, 2.05) is 26.0 Å². The van der Waals surface area contributed by atoms with Gasteiger partial charge in [-0.3, -0.25) is 0 Å². The van der Waals surface area contributed by atoms with Crippen LogP contribution in [0.4, 0.5) is 0 Å². The molecule has 0 radical (unpaired) electrons. The summed E-state index contributed by atoms with van der Waals surface area (Å²) in [6.07, 6.45) is 6.47. The second-order valence-corrected chi connectivity index (χ2v) is 10.0. The van der Waals surface area contributed by atoms with Crippen LogP contribution in [0.1, 0.15) is 25.0 Å². The van der Waals surface area contributed by atoms with Crippen LogP contribution >= 0.6 is 0 Å². The van der Waals surface area contributed by atoms with Crippen molar-refractivity contribution >= 4 is 29.1 Å². The minimum absolute atomic E-state index is 0.321. The Kier molecular flexibility index (Phi) is 9.53. The fourth-order valence-electron chi connectivity index (χ4n) is 4.68. The summed E-state index contributed by atoms with van der Waals surface area (Å²) in [5.74, 6) is 2.40. The van der Waals surface area contributed by atoms with Gasteiger partial charge < -0.3 is 37.9 Å². The first-order chi connectivity index (χ1) is 21.0. The van der Waals surface area contributed by atoms with Crippen LogP contribution in [0.3, 0.4) is 0 Å². The van der Waals surface area contributed by atoms with E-state index in [1.165, 1.54) is 20.3 Å². The molecule has 0 saturated carbocycles. The Labute approximate surface area is 254 Å². The molecule has 1 aliphatic heterocycles. The van der Waals surface area contributed by atoms with Gasteiger partial charge in [-0.2, -0.15) is 0 Å². The second-order valence-electron chi connectivity index (χ2n) is 10.0. The predicted octanol–water partition coefficient (Wildman–Crippen LogP) is 6.47. The van der Waals surface area contributed by atoms with E-state index in [-0.39, 0.29) is 0 Å². The van der Waals surface area contributed by atoms with Gasteiger partial charge in [-0.1, -0.05) is 18.2 Å². The maximum Gasteiger partial charge on any atom is 0.347 e. The SMILES string of the molecule is COc1ccc(-c2c(OC)c3c(OC)c4c(cc3oc2=O)OC(C)(C)C=C4)cc1.COc1ccc(C=CC(=O)O)cc1OC. The number of hydrogen-bond acceptors (Lipinski definition) is 9. The van der Waals surface area contributed by atoms with Crippen LogP contribution < -0.4 is 34.0 Å². The summed E-state index contributed by atoms with van der Waals surface area (Å²) in [6.45, 7) is 3.90.